The highest BCUT2D eigenvalue weighted by Gasteiger charge is 2.35. The molecule has 0 aliphatic carbocycles. The fraction of sp³-hybridized carbons (Fsp3) is 0.0526. The van der Waals surface area contributed by atoms with Gasteiger partial charge in [-0.15, -0.1) is 0 Å². The number of nitrogens with zero attached hydrogens (tertiary/aromatic N) is 2. The minimum absolute atomic E-state index is 0.0244. The number of rotatable bonds is 6. The normalized spacial score (nSPS) is 14.8. The lowest BCUT2D eigenvalue weighted by Crippen LogP contribution is -2.36. The van der Waals surface area contributed by atoms with E-state index in [9.17, 15) is 29.3 Å². The summed E-state index contributed by atoms with van der Waals surface area (Å²) < 4.78 is 5.19. The Morgan fingerprint density at radius 1 is 1.17 bits per heavy atom. The fourth-order valence-electron chi connectivity index (χ4n) is 2.49. The first-order valence-corrected chi connectivity index (χ1v) is 9.16. The number of hydrogen-bond acceptors (Lipinski definition) is 8. The van der Waals surface area contributed by atoms with Crippen molar-refractivity contribution in [3.8, 4) is 5.75 Å². The highest BCUT2D eigenvalue weighted by Crippen LogP contribution is 2.32. The van der Waals surface area contributed by atoms with Crippen molar-refractivity contribution in [1.82, 2.24) is 4.90 Å². The zero-order chi connectivity index (χ0) is 21.8. The van der Waals surface area contributed by atoms with E-state index in [1.807, 2.05) is 0 Å². The topological polar surface area (TPSA) is 150 Å². The number of hydrogen-bond donors (Lipinski definition) is 1. The molecule has 1 heterocycles. The van der Waals surface area contributed by atoms with Gasteiger partial charge in [0.25, 0.3) is 16.8 Å². The Hall–Kier alpha value is -3.99. The number of non-ortho nitro benzene ring substituents is 1. The van der Waals surface area contributed by atoms with Gasteiger partial charge in [0.1, 0.15) is 12.3 Å². The number of benzene rings is 2. The number of amides is 3. The SMILES string of the molecule is NC(=O)CN1C(=O)S/C(=C\c2ccc(OC(=O)c3cccc([N+](=O)[O-])c3)cc2)C1=O. The Morgan fingerprint density at radius 3 is 2.50 bits per heavy atom. The first kappa shape index (κ1) is 20.7. The molecule has 152 valence electrons. The van der Waals surface area contributed by atoms with Gasteiger partial charge in [0.05, 0.1) is 15.4 Å². The molecule has 2 aromatic carbocycles. The summed E-state index contributed by atoms with van der Waals surface area (Å²) in [5, 5.41) is 10.2. The average Bonchev–Trinajstić information content (AvgIpc) is 2.96. The van der Waals surface area contributed by atoms with Crippen LogP contribution in [0.2, 0.25) is 0 Å². The third kappa shape index (κ3) is 4.70. The van der Waals surface area contributed by atoms with Crippen LogP contribution in [0.4, 0.5) is 10.5 Å². The zero-order valence-electron chi connectivity index (χ0n) is 15.1. The van der Waals surface area contributed by atoms with E-state index in [1.54, 1.807) is 12.1 Å². The number of ether oxygens (including phenoxy) is 1. The summed E-state index contributed by atoms with van der Waals surface area (Å²) in [5.41, 5.74) is 5.37. The second-order valence-corrected chi connectivity index (χ2v) is 6.99. The molecular weight excluding hydrogens is 414 g/mol. The van der Waals surface area contributed by atoms with Crippen LogP contribution in [0.15, 0.2) is 53.4 Å². The average molecular weight is 427 g/mol. The number of imide groups is 1. The Kier molecular flexibility index (Phi) is 5.93. The van der Waals surface area contributed by atoms with Crippen LogP contribution in [0.5, 0.6) is 5.75 Å². The summed E-state index contributed by atoms with van der Waals surface area (Å²) in [7, 11) is 0. The molecule has 0 unspecified atom stereocenters. The van der Waals surface area contributed by atoms with E-state index in [2.05, 4.69) is 0 Å². The second kappa shape index (κ2) is 8.57. The molecule has 3 amide bonds. The summed E-state index contributed by atoms with van der Waals surface area (Å²) in [6.07, 6.45) is 1.46. The van der Waals surface area contributed by atoms with Crippen LogP contribution in [0.3, 0.4) is 0 Å². The first-order valence-electron chi connectivity index (χ1n) is 8.35. The summed E-state index contributed by atoms with van der Waals surface area (Å²) in [5.74, 6) is -2.00. The number of carbonyl (C=O) groups excluding carboxylic acids is 4. The number of nitro groups is 1. The van der Waals surface area contributed by atoms with Crippen LogP contribution in [-0.2, 0) is 9.59 Å². The lowest BCUT2D eigenvalue weighted by Gasteiger charge is -2.08. The van der Waals surface area contributed by atoms with Crippen LogP contribution in [-0.4, -0.2) is 39.4 Å². The molecule has 0 spiro atoms. The zero-order valence-corrected chi connectivity index (χ0v) is 16.0. The van der Waals surface area contributed by atoms with Crippen molar-refractivity contribution in [2.45, 2.75) is 0 Å². The largest absolute Gasteiger partial charge is 0.423 e. The lowest BCUT2D eigenvalue weighted by atomic mass is 10.2. The van der Waals surface area contributed by atoms with Crippen molar-refractivity contribution < 1.29 is 28.8 Å². The molecule has 0 saturated carbocycles. The maximum atomic E-state index is 12.2. The summed E-state index contributed by atoms with van der Waals surface area (Å²) in [6.45, 7) is -0.492. The van der Waals surface area contributed by atoms with Crippen LogP contribution in [0.25, 0.3) is 6.08 Å². The van der Waals surface area contributed by atoms with E-state index in [4.69, 9.17) is 10.5 Å². The Balaban J connectivity index is 1.70. The minimum Gasteiger partial charge on any atom is -0.423 e. The van der Waals surface area contributed by atoms with E-state index >= 15 is 0 Å². The van der Waals surface area contributed by atoms with Gasteiger partial charge in [-0.2, -0.15) is 0 Å². The third-order valence-corrected chi connectivity index (χ3v) is 4.78. The van der Waals surface area contributed by atoms with E-state index in [0.717, 1.165) is 11.0 Å². The number of esters is 1. The predicted molar refractivity (Wildman–Crippen MR) is 106 cm³/mol. The van der Waals surface area contributed by atoms with Gasteiger partial charge in [-0.05, 0) is 41.6 Å². The molecule has 10 nitrogen and oxygen atoms in total. The van der Waals surface area contributed by atoms with Gasteiger partial charge in [0, 0.05) is 12.1 Å². The van der Waals surface area contributed by atoms with Crippen LogP contribution < -0.4 is 10.5 Å². The fourth-order valence-corrected chi connectivity index (χ4v) is 3.33. The van der Waals surface area contributed by atoms with Crippen molar-refractivity contribution in [2.24, 2.45) is 5.73 Å². The van der Waals surface area contributed by atoms with Gasteiger partial charge >= 0.3 is 5.97 Å². The molecule has 1 fully saturated rings. The minimum atomic E-state index is -0.798. The molecular formula is C19H13N3O7S. The van der Waals surface area contributed by atoms with Crippen molar-refractivity contribution in [2.75, 3.05) is 6.54 Å². The summed E-state index contributed by atoms with van der Waals surface area (Å²) in [6, 6.07) is 11.2. The molecule has 0 radical (unpaired) electrons. The van der Waals surface area contributed by atoms with E-state index in [0.29, 0.717) is 17.3 Å². The second-order valence-electron chi connectivity index (χ2n) is 6.00. The van der Waals surface area contributed by atoms with Crippen molar-refractivity contribution in [1.29, 1.82) is 0 Å². The number of nitro benzene ring substituents is 1. The molecule has 0 bridgehead atoms. The molecule has 0 atom stereocenters. The Morgan fingerprint density at radius 2 is 1.87 bits per heavy atom. The predicted octanol–water partition coefficient (Wildman–Crippen LogP) is 2.34. The van der Waals surface area contributed by atoms with E-state index in [-0.39, 0.29) is 21.9 Å². The smallest absolute Gasteiger partial charge is 0.343 e. The monoisotopic (exact) mass is 427 g/mol. The quantitative estimate of drug-likeness (QED) is 0.243. The molecule has 1 saturated heterocycles. The number of primary amides is 1. The molecule has 2 aromatic rings. The van der Waals surface area contributed by atoms with E-state index in [1.165, 1.54) is 36.4 Å². The van der Waals surface area contributed by atoms with Crippen molar-refractivity contribution in [3.63, 3.8) is 0 Å². The molecule has 1 aliphatic heterocycles. The van der Waals surface area contributed by atoms with Gasteiger partial charge in [-0.3, -0.25) is 29.4 Å². The van der Waals surface area contributed by atoms with Gasteiger partial charge < -0.3 is 10.5 Å². The summed E-state index contributed by atoms with van der Waals surface area (Å²) >= 11 is 0.685. The molecule has 1 aliphatic rings. The standard InChI is InChI=1S/C19H13N3O7S/c20-16(23)10-21-17(24)15(30-19(21)26)8-11-4-6-14(7-5-11)29-18(25)12-2-1-3-13(9-12)22(27)28/h1-9H,10H2,(H2,20,23)/b15-8-. The van der Waals surface area contributed by atoms with Crippen molar-refractivity contribution in [3.05, 3.63) is 74.7 Å². The highest BCUT2D eigenvalue weighted by atomic mass is 32.2. The Bertz CT molecular complexity index is 1100. The van der Waals surface area contributed by atoms with Crippen LogP contribution in [0, 0.1) is 10.1 Å². The summed E-state index contributed by atoms with van der Waals surface area (Å²) in [4.78, 5) is 58.2. The number of nitrogens with two attached hydrogens (primary N) is 1. The highest BCUT2D eigenvalue weighted by molar-refractivity contribution is 8.18. The maximum absolute atomic E-state index is 12.2. The Labute approximate surface area is 173 Å². The van der Waals surface area contributed by atoms with Crippen LogP contribution in [0.1, 0.15) is 15.9 Å². The van der Waals surface area contributed by atoms with Gasteiger partial charge in [0.15, 0.2) is 0 Å². The molecule has 11 heteroatoms. The molecule has 30 heavy (non-hydrogen) atoms. The first-order chi connectivity index (χ1) is 14.2. The molecule has 2 N–H and O–H groups in total. The van der Waals surface area contributed by atoms with E-state index < -0.39 is 34.5 Å². The lowest BCUT2D eigenvalue weighted by molar-refractivity contribution is -0.384. The van der Waals surface area contributed by atoms with Crippen molar-refractivity contribution >= 4 is 46.5 Å². The number of thioether (sulfide) groups is 1. The van der Waals surface area contributed by atoms with Gasteiger partial charge in [0.2, 0.25) is 5.91 Å². The maximum Gasteiger partial charge on any atom is 0.343 e. The van der Waals surface area contributed by atoms with Gasteiger partial charge in [-0.25, -0.2) is 4.79 Å². The third-order valence-electron chi connectivity index (χ3n) is 3.87. The molecule has 0 aromatic heterocycles. The van der Waals surface area contributed by atoms with Gasteiger partial charge in [-0.1, -0.05) is 18.2 Å². The van der Waals surface area contributed by atoms with Crippen LogP contribution >= 0.6 is 11.8 Å². The molecule has 3 rings (SSSR count). The number of carbonyl (C=O) groups is 4.